The van der Waals surface area contributed by atoms with Crippen LogP contribution in [0.2, 0.25) is 0 Å². The lowest BCUT2D eigenvalue weighted by atomic mass is 9.99. The molecule has 224 valence electrons. The van der Waals surface area contributed by atoms with E-state index in [4.69, 9.17) is 9.26 Å². The lowest BCUT2D eigenvalue weighted by Crippen LogP contribution is -2.50. The van der Waals surface area contributed by atoms with E-state index in [1.807, 2.05) is 6.92 Å². The van der Waals surface area contributed by atoms with Crippen LogP contribution in [0.5, 0.6) is 5.75 Å². The summed E-state index contributed by atoms with van der Waals surface area (Å²) in [4.78, 5) is 42.2. The summed E-state index contributed by atoms with van der Waals surface area (Å²) in [5.41, 5.74) is 1.96. The van der Waals surface area contributed by atoms with E-state index in [0.29, 0.717) is 28.5 Å². The number of nitrogens with one attached hydrogen (secondary N) is 3. The fourth-order valence-electron chi connectivity index (χ4n) is 4.56. The predicted octanol–water partition coefficient (Wildman–Crippen LogP) is 4.46. The van der Waals surface area contributed by atoms with Crippen LogP contribution in [0.4, 0.5) is 31.0 Å². The number of rotatable bonds is 7. The summed E-state index contributed by atoms with van der Waals surface area (Å²) in [5.74, 6) is -0.256. The van der Waals surface area contributed by atoms with Gasteiger partial charge in [-0.3, -0.25) is 4.79 Å². The van der Waals surface area contributed by atoms with Crippen molar-refractivity contribution >= 4 is 35.0 Å². The molecule has 0 bridgehead atoms. The van der Waals surface area contributed by atoms with Crippen LogP contribution in [0.25, 0.3) is 0 Å². The molecule has 5 amide bonds. The zero-order valence-electron chi connectivity index (χ0n) is 24.1. The molecule has 0 saturated heterocycles. The van der Waals surface area contributed by atoms with Gasteiger partial charge >= 0.3 is 12.1 Å². The molecule has 3 aromatic rings. The van der Waals surface area contributed by atoms with Crippen molar-refractivity contribution in [2.24, 2.45) is 5.92 Å². The van der Waals surface area contributed by atoms with Gasteiger partial charge < -0.3 is 40.1 Å². The molecule has 12 nitrogen and oxygen atoms in total. The van der Waals surface area contributed by atoms with Gasteiger partial charge in [-0.05, 0) is 63.2 Å². The molecule has 0 fully saturated rings. The second-order valence-corrected chi connectivity index (χ2v) is 10.4. The number of aromatic nitrogens is 1. The van der Waals surface area contributed by atoms with E-state index in [1.54, 1.807) is 44.9 Å². The van der Waals surface area contributed by atoms with Crippen molar-refractivity contribution in [2.75, 3.05) is 42.7 Å². The van der Waals surface area contributed by atoms with Crippen molar-refractivity contribution < 1.29 is 33.1 Å². The maximum Gasteiger partial charge on any atom is 0.323 e. The Morgan fingerprint density at radius 2 is 1.81 bits per heavy atom. The number of hydrogen-bond acceptors (Lipinski definition) is 7. The Morgan fingerprint density at radius 1 is 1.14 bits per heavy atom. The Bertz CT molecular complexity index is 1430. The maximum atomic E-state index is 13.7. The molecular weight excluding hydrogens is 547 g/mol. The molecule has 4 N–H and O–H groups in total. The third-order valence-electron chi connectivity index (χ3n) is 7.09. The summed E-state index contributed by atoms with van der Waals surface area (Å²) in [7, 11) is 1.63. The van der Waals surface area contributed by atoms with Crippen molar-refractivity contribution in [1.82, 2.24) is 15.0 Å². The van der Waals surface area contributed by atoms with Gasteiger partial charge in [-0.15, -0.1) is 0 Å². The first-order valence-corrected chi connectivity index (χ1v) is 13.5. The highest BCUT2D eigenvalue weighted by molar-refractivity contribution is 6.02. The number of carbonyl (C=O) groups is 3. The number of anilines is 3. The predicted molar refractivity (Wildman–Crippen MR) is 154 cm³/mol. The number of amides is 5. The van der Waals surface area contributed by atoms with Crippen LogP contribution in [-0.4, -0.2) is 76.9 Å². The summed E-state index contributed by atoms with van der Waals surface area (Å²) < 4.78 is 24.6. The van der Waals surface area contributed by atoms with Gasteiger partial charge in [0.1, 0.15) is 29.1 Å². The largest absolute Gasteiger partial charge is 0.487 e. The maximum absolute atomic E-state index is 13.7. The molecule has 0 saturated carbocycles. The molecule has 0 aliphatic carbocycles. The van der Waals surface area contributed by atoms with Gasteiger partial charge in [0.2, 0.25) is 0 Å². The number of fused-ring (bicyclic) bond motifs is 1. The first-order valence-electron chi connectivity index (χ1n) is 13.5. The molecular formula is C29H35FN6O6. The molecule has 0 spiro atoms. The number of benzene rings is 2. The summed E-state index contributed by atoms with van der Waals surface area (Å²) in [6.45, 7) is 7.27. The Kier molecular flexibility index (Phi) is 9.31. The molecule has 4 rings (SSSR count). The van der Waals surface area contributed by atoms with Crippen LogP contribution < -0.4 is 20.7 Å². The van der Waals surface area contributed by atoms with Crippen LogP contribution in [-0.2, 0) is 0 Å². The standard InChI is InChI=1S/C29H35FN6O6/c1-16-13-36(17(2)15-37)27(38)23-12-22(32-28(39)31-21-8-6-20(30)7-9-21)10-11-24(23)41-25(16)14-35(5)29(40)33-26-18(3)34-42-19(26)4/h6-12,16-17,25,37H,13-15H2,1-5H3,(H,33,40)(H2,31,32,39)/t16-,17+,25-/m1/s1. The average Bonchev–Trinajstić information content (AvgIpc) is 3.27. The molecule has 2 aromatic carbocycles. The monoisotopic (exact) mass is 582 g/mol. The number of urea groups is 2. The van der Waals surface area contributed by atoms with Crippen molar-refractivity contribution in [2.45, 2.75) is 39.8 Å². The minimum atomic E-state index is -0.584. The number of aliphatic hydroxyl groups excluding tert-OH is 1. The topological polar surface area (TPSA) is 149 Å². The van der Waals surface area contributed by atoms with Crippen molar-refractivity contribution in [1.29, 1.82) is 0 Å². The summed E-state index contributed by atoms with van der Waals surface area (Å²) >= 11 is 0. The summed E-state index contributed by atoms with van der Waals surface area (Å²) in [5, 5.41) is 21.8. The number of aliphatic hydroxyl groups is 1. The van der Waals surface area contributed by atoms with Crippen LogP contribution >= 0.6 is 0 Å². The molecule has 42 heavy (non-hydrogen) atoms. The van der Waals surface area contributed by atoms with Gasteiger partial charge in [0.15, 0.2) is 5.76 Å². The Hall–Kier alpha value is -4.65. The van der Waals surface area contributed by atoms with E-state index in [9.17, 15) is 23.9 Å². The number of aryl methyl sites for hydroxylation is 2. The average molecular weight is 583 g/mol. The molecule has 0 radical (unpaired) electrons. The molecule has 3 atom stereocenters. The summed E-state index contributed by atoms with van der Waals surface area (Å²) in [6, 6.07) is 8.51. The van der Waals surface area contributed by atoms with Gasteiger partial charge in [0.05, 0.1) is 24.8 Å². The van der Waals surface area contributed by atoms with Gasteiger partial charge in [-0.2, -0.15) is 0 Å². The molecule has 2 heterocycles. The zero-order valence-corrected chi connectivity index (χ0v) is 24.1. The lowest BCUT2D eigenvalue weighted by molar-refractivity contribution is 0.0371. The first-order chi connectivity index (χ1) is 20.0. The lowest BCUT2D eigenvalue weighted by Gasteiger charge is -2.38. The third kappa shape index (κ3) is 6.97. The van der Waals surface area contributed by atoms with E-state index in [0.717, 1.165) is 0 Å². The highest BCUT2D eigenvalue weighted by Gasteiger charge is 2.34. The number of ether oxygens (including phenoxy) is 1. The van der Waals surface area contributed by atoms with E-state index in [-0.39, 0.29) is 48.9 Å². The van der Waals surface area contributed by atoms with E-state index in [2.05, 4.69) is 21.1 Å². The number of carbonyl (C=O) groups excluding carboxylic acids is 3. The molecule has 1 aliphatic heterocycles. The number of hydrogen-bond donors (Lipinski definition) is 4. The van der Waals surface area contributed by atoms with Crippen molar-refractivity contribution in [3.8, 4) is 5.75 Å². The second kappa shape index (κ2) is 12.9. The molecule has 1 aromatic heterocycles. The Morgan fingerprint density at radius 3 is 2.45 bits per heavy atom. The fraction of sp³-hybridized carbons (Fsp3) is 0.379. The SMILES string of the molecule is Cc1noc(C)c1NC(=O)N(C)C[C@H]1Oc2ccc(NC(=O)Nc3ccc(F)cc3)cc2C(=O)N([C@@H](C)CO)C[C@H]1C. The fourth-order valence-corrected chi connectivity index (χ4v) is 4.56. The van der Waals surface area contributed by atoms with Crippen LogP contribution in [0, 0.1) is 25.6 Å². The first kappa shape index (κ1) is 30.3. The summed E-state index contributed by atoms with van der Waals surface area (Å²) in [6.07, 6.45) is -0.522. The minimum Gasteiger partial charge on any atom is -0.487 e. The highest BCUT2D eigenvalue weighted by atomic mass is 19.1. The van der Waals surface area contributed by atoms with Gasteiger partial charge in [-0.1, -0.05) is 12.1 Å². The minimum absolute atomic E-state index is 0.186. The number of nitrogens with zero attached hydrogens (tertiary/aromatic N) is 3. The van der Waals surface area contributed by atoms with Gasteiger partial charge in [0.25, 0.3) is 5.91 Å². The normalized spacial score (nSPS) is 17.3. The quantitative estimate of drug-likeness (QED) is 0.321. The van der Waals surface area contributed by atoms with Crippen molar-refractivity contribution in [3.05, 3.63) is 65.3 Å². The molecule has 0 unspecified atom stereocenters. The smallest absolute Gasteiger partial charge is 0.323 e. The van der Waals surface area contributed by atoms with E-state index in [1.165, 1.54) is 35.2 Å². The van der Waals surface area contributed by atoms with Crippen molar-refractivity contribution in [3.63, 3.8) is 0 Å². The Labute approximate surface area is 242 Å². The van der Waals surface area contributed by atoms with Gasteiger partial charge in [0, 0.05) is 30.9 Å². The molecule has 13 heteroatoms. The zero-order chi connectivity index (χ0) is 30.6. The third-order valence-corrected chi connectivity index (χ3v) is 7.09. The van der Waals surface area contributed by atoms with Gasteiger partial charge in [-0.25, -0.2) is 14.0 Å². The Balaban J connectivity index is 1.55. The van der Waals surface area contributed by atoms with Crippen LogP contribution in [0.15, 0.2) is 47.0 Å². The van der Waals surface area contributed by atoms with E-state index >= 15 is 0 Å². The van der Waals surface area contributed by atoms with E-state index < -0.39 is 24.0 Å². The highest BCUT2D eigenvalue weighted by Crippen LogP contribution is 2.31. The molecule has 1 aliphatic rings. The number of halogens is 1. The van der Waals surface area contributed by atoms with Crippen LogP contribution in [0.1, 0.15) is 35.7 Å². The number of likely N-dealkylation sites (N-methyl/N-ethyl adjacent to an activating group) is 1. The van der Waals surface area contributed by atoms with Crippen LogP contribution in [0.3, 0.4) is 0 Å². The second-order valence-electron chi connectivity index (χ2n) is 10.4.